The summed E-state index contributed by atoms with van der Waals surface area (Å²) in [5, 5.41) is 10.2. The van der Waals surface area contributed by atoms with Gasteiger partial charge in [0, 0.05) is 55.5 Å². The number of imidazole rings is 1. The minimum atomic E-state index is -1.04. The Bertz CT molecular complexity index is 1630. The molecule has 2 amide bonds. The third-order valence-electron chi connectivity index (χ3n) is 7.84. The summed E-state index contributed by atoms with van der Waals surface area (Å²) in [5.74, 6) is -1.29. The fourth-order valence-corrected chi connectivity index (χ4v) is 5.81. The SMILES string of the molecule is Cn1cnc(-n2ccc3c(CN4CCCC4)cc(-c4ccc5c(c4)CN([C@@H](CCC(=O)O)C(N)=O)C5=O)nc32)c1. The summed E-state index contributed by atoms with van der Waals surface area (Å²) in [7, 11) is 1.93. The first-order valence-electron chi connectivity index (χ1n) is 13.5. The molecule has 0 aliphatic carbocycles. The molecule has 4 aromatic rings. The number of pyridine rings is 1. The van der Waals surface area contributed by atoms with Gasteiger partial charge in [-0.3, -0.25) is 23.9 Å². The molecule has 1 fully saturated rings. The van der Waals surface area contributed by atoms with Gasteiger partial charge in [0.1, 0.15) is 11.7 Å². The Balaban J connectivity index is 1.39. The highest BCUT2D eigenvalue weighted by Gasteiger charge is 2.36. The van der Waals surface area contributed by atoms with Crippen molar-refractivity contribution in [3.8, 4) is 17.1 Å². The largest absolute Gasteiger partial charge is 0.481 e. The predicted molar refractivity (Wildman–Crippen MR) is 148 cm³/mol. The average Bonchev–Trinajstić information content (AvgIpc) is 3.72. The average molecular weight is 542 g/mol. The van der Waals surface area contributed by atoms with Crippen molar-refractivity contribution in [3.63, 3.8) is 0 Å². The molecular weight excluding hydrogens is 510 g/mol. The highest BCUT2D eigenvalue weighted by atomic mass is 16.4. The van der Waals surface area contributed by atoms with Crippen LogP contribution in [0.4, 0.5) is 0 Å². The third-order valence-corrected chi connectivity index (χ3v) is 7.84. The second-order valence-electron chi connectivity index (χ2n) is 10.6. The summed E-state index contributed by atoms with van der Waals surface area (Å²) in [6, 6.07) is 8.79. The van der Waals surface area contributed by atoms with Gasteiger partial charge < -0.3 is 20.3 Å². The van der Waals surface area contributed by atoms with E-state index in [0.717, 1.165) is 53.3 Å². The van der Waals surface area contributed by atoms with Crippen LogP contribution in [0.1, 0.15) is 47.2 Å². The van der Waals surface area contributed by atoms with Gasteiger partial charge in [-0.05, 0) is 67.7 Å². The van der Waals surface area contributed by atoms with E-state index in [9.17, 15) is 14.4 Å². The molecular formula is C29H31N7O4. The molecule has 3 aromatic heterocycles. The number of aliphatic carboxylic acids is 1. The fourth-order valence-electron chi connectivity index (χ4n) is 5.81. The van der Waals surface area contributed by atoms with E-state index in [-0.39, 0.29) is 25.3 Å². The number of nitrogens with two attached hydrogens (primary N) is 1. The molecule has 2 aliphatic rings. The molecule has 5 heterocycles. The van der Waals surface area contributed by atoms with Gasteiger partial charge in [-0.25, -0.2) is 9.97 Å². The summed E-state index contributed by atoms with van der Waals surface area (Å²) in [4.78, 5) is 49.8. The lowest BCUT2D eigenvalue weighted by Gasteiger charge is -2.24. The van der Waals surface area contributed by atoms with Crippen LogP contribution in [0.15, 0.2) is 49.1 Å². The summed E-state index contributed by atoms with van der Waals surface area (Å²) in [6.45, 7) is 3.14. The molecule has 0 spiro atoms. The van der Waals surface area contributed by atoms with Gasteiger partial charge in [0.2, 0.25) is 5.91 Å². The maximum absolute atomic E-state index is 13.2. The summed E-state index contributed by atoms with van der Waals surface area (Å²) in [5.41, 5.74) is 10.4. The molecule has 1 saturated heterocycles. The number of carbonyl (C=O) groups excluding carboxylic acids is 2. The molecule has 0 radical (unpaired) electrons. The number of aryl methyl sites for hydroxylation is 1. The number of primary amides is 1. The van der Waals surface area contributed by atoms with E-state index in [2.05, 4.69) is 22.0 Å². The quantitative estimate of drug-likeness (QED) is 0.332. The molecule has 11 heteroatoms. The molecule has 3 N–H and O–H groups in total. The monoisotopic (exact) mass is 541 g/mol. The zero-order valence-corrected chi connectivity index (χ0v) is 22.3. The molecule has 0 saturated carbocycles. The van der Waals surface area contributed by atoms with Gasteiger partial charge in [-0.1, -0.05) is 6.07 Å². The van der Waals surface area contributed by atoms with Crippen LogP contribution < -0.4 is 5.73 Å². The first kappa shape index (κ1) is 25.8. The molecule has 0 unspecified atom stereocenters. The van der Waals surface area contributed by atoms with Gasteiger partial charge in [0.05, 0.1) is 12.0 Å². The van der Waals surface area contributed by atoms with Crippen molar-refractivity contribution >= 4 is 28.8 Å². The van der Waals surface area contributed by atoms with E-state index in [1.54, 1.807) is 12.4 Å². The van der Waals surface area contributed by atoms with Crippen LogP contribution in [0.5, 0.6) is 0 Å². The molecule has 40 heavy (non-hydrogen) atoms. The number of aromatic nitrogens is 4. The van der Waals surface area contributed by atoms with Crippen LogP contribution in [0.25, 0.3) is 28.1 Å². The molecule has 206 valence electrons. The number of hydrogen-bond acceptors (Lipinski definition) is 6. The Morgan fingerprint density at radius 3 is 2.65 bits per heavy atom. The standard InChI is InChI=1S/C29H31N7O4/c1-33-16-25(31-17-33)35-11-8-21-20(14-34-9-2-3-10-34)13-23(32-28(21)35)18-4-5-22-19(12-18)15-36(29(22)40)24(27(30)39)6-7-26(37)38/h4-5,8,11-13,16-17,24H,2-3,6-7,9-10,14-15H2,1H3,(H2,30,39)(H,37,38)/t24-/m0/s1. The van der Waals surface area contributed by atoms with Crippen molar-refractivity contribution in [1.29, 1.82) is 0 Å². The van der Waals surface area contributed by atoms with Gasteiger partial charge in [0.15, 0.2) is 5.82 Å². The number of carboxylic acids is 1. The van der Waals surface area contributed by atoms with Crippen molar-refractivity contribution in [3.05, 3.63) is 65.7 Å². The Labute approximate surface area is 230 Å². The van der Waals surface area contributed by atoms with E-state index in [1.165, 1.54) is 23.3 Å². The van der Waals surface area contributed by atoms with Crippen molar-refractivity contribution < 1.29 is 19.5 Å². The molecule has 2 aliphatic heterocycles. The van der Waals surface area contributed by atoms with Crippen LogP contribution in [-0.4, -0.2) is 70.9 Å². The second-order valence-corrected chi connectivity index (χ2v) is 10.6. The first-order chi connectivity index (χ1) is 19.3. The number of carboxylic acid groups (broad SMARTS) is 1. The number of nitrogens with zero attached hydrogens (tertiary/aromatic N) is 6. The van der Waals surface area contributed by atoms with Crippen LogP contribution in [0, 0.1) is 0 Å². The topological polar surface area (TPSA) is 140 Å². The van der Waals surface area contributed by atoms with E-state index >= 15 is 0 Å². The summed E-state index contributed by atoms with van der Waals surface area (Å²) in [6.07, 6.45) is 7.82. The van der Waals surface area contributed by atoms with Crippen molar-refractivity contribution in [2.75, 3.05) is 13.1 Å². The maximum atomic E-state index is 13.2. The number of likely N-dealkylation sites (tertiary alicyclic amines) is 1. The van der Waals surface area contributed by atoms with Crippen LogP contribution >= 0.6 is 0 Å². The molecule has 1 aromatic carbocycles. The number of amides is 2. The normalized spacial score (nSPS) is 16.1. The van der Waals surface area contributed by atoms with Gasteiger partial charge in [-0.15, -0.1) is 0 Å². The molecule has 1 atom stereocenters. The predicted octanol–water partition coefficient (Wildman–Crippen LogP) is 2.70. The number of fused-ring (bicyclic) bond motifs is 2. The van der Waals surface area contributed by atoms with E-state index in [4.69, 9.17) is 15.8 Å². The van der Waals surface area contributed by atoms with Crippen LogP contribution in [0.2, 0.25) is 0 Å². The fraction of sp³-hybridized carbons (Fsp3) is 0.345. The lowest BCUT2D eigenvalue weighted by molar-refractivity contribution is -0.137. The van der Waals surface area contributed by atoms with E-state index in [0.29, 0.717) is 5.56 Å². The third kappa shape index (κ3) is 4.73. The Morgan fingerprint density at radius 1 is 1.15 bits per heavy atom. The number of rotatable bonds is 9. The van der Waals surface area contributed by atoms with E-state index in [1.807, 2.05) is 40.7 Å². The zero-order chi connectivity index (χ0) is 28.0. The van der Waals surface area contributed by atoms with Crippen molar-refractivity contribution in [1.82, 2.24) is 28.9 Å². The number of benzene rings is 1. The van der Waals surface area contributed by atoms with Crippen LogP contribution in [0.3, 0.4) is 0 Å². The number of hydrogen-bond donors (Lipinski definition) is 2. The zero-order valence-electron chi connectivity index (χ0n) is 22.3. The number of carbonyl (C=O) groups is 3. The lowest BCUT2D eigenvalue weighted by atomic mass is 10.0. The van der Waals surface area contributed by atoms with Gasteiger partial charge in [-0.2, -0.15) is 0 Å². The summed E-state index contributed by atoms with van der Waals surface area (Å²) < 4.78 is 3.89. The Morgan fingerprint density at radius 2 is 1.95 bits per heavy atom. The van der Waals surface area contributed by atoms with Crippen molar-refractivity contribution in [2.24, 2.45) is 12.8 Å². The Hall–Kier alpha value is -4.51. The van der Waals surface area contributed by atoms with E-state index < -0.39 is 17.9 Å². The maximum Gasteiger partial charge on any atom is 0.303 e. The van der Waals surface area contributed by atoms with Crippen LogP contribution in [-0.2, 0) is 29.7 Å². The summed E-state index contributed by atoms with van der Waals surface area (Å²) >= 11 is 0. The van der Waals surface area contributed by atoms with Gasteiger partial charge in [0.25, 0.3) is 5.91 Å². The highest BCUT2D eigenvalue weighted by Crippen LogP contribution is 2.33. The minimum absolute atomic E-state index is 0.0279. The molecule has 6 rings (SSSR count). The second kappa shape index (κ2) is 10.2. The minimum Gasteiger partial charge on any atom is -0.481 e. The first-order valence-corrected chi connectivity index (χ1v) is 13.5. The molecule has 11 nitrogen and oxygen atoms in total. The Kier molecular flexibility index (Phi) is 6.59. The van der Waals surface area contributed by atoms with Gasteiger partial charge >= 0.3 is 5.97 Å². The molecule has 0 bridgehead atoms. The van der Waals surface area contributed by atoms with Crippen molar-refractivity contribution in [2.45, 2.75) is 44.8 Å². The highest BCUT2D eigenvalue weighted by molar-refractivity contribution is 6.01. The smallest absolute Gasteiger partial charge is 0.303 e. The lowest BCUT2D eigenvalue weighted by Crippen LogP contribution is -2.45.